The van der Waals surface area contributed by atoms with Gasteiger partial charge in [0.1, 0.15) is 16.4 Å². The molecule has 33 heavy (non-hydrogen) atoms. The molecule has 0 atom stereocenters. The van der Waals surface area contributed by atoms with Gasteiger partial charge in [-0.1, -0.05) is 31.4 Å². The van der Waals surface area contributed by atoms with Crippen molar-refractivity contribution in [3.05, 3.63) is 35.0 Å². The van der Waals surface area contributed by atoms with E-state index in [2.05, 4.69) is 25.3 Å². The maximum Gasteiger partial charge on any atom is 0.240 e. The van der Waals surface area contributed by atoms with Crippen LogP contribution in [0.25, 0.3) is 22.0 Å². The zero-order valence-electron chi connectivity index (χ0n) is 18.1. The number of hydrogen-bond donors (Lipinski definition) is 3. The molecule has 1 saturated carbocycles. The van der Waals surface area contributed by atoms with E-state index >= 15 is 0 Å². The maximum atomic E-state index is 12.7. The van der Waals surface area contributed by atoms with Crippen molar-refractivity contribution in [2.24, 2.45) is 4.99 Å². The van der Waals surface area contributed by atoms with Gasteiger partial charge in [0.2, 0.25) is 10.0 Å². The number of sulfonamides is 1. The summed E-state index contributed by atoms with van der Waals surface area (Å²) in [5, 5.41) is 12.0. The first kappa shape index (κ1) is 22.5. The van der Waals surface area contributed by atoms with E-state index in [4.69, 9.17) is 4.98 Å². The first-order valence-corrected chi connectivity index (χ1v) is 14.4. The zero-order chi connectivity index (χ0) is 22.7. The highest BCUT2D eigenvalue weighted by Gasteiger charge is 2.22. The first-order chi connectivity index (χ1) is 16.1. The van der Waals surface area contributed by atoms with Crippen LogP contribution in [0.2, 0.25) is 0 Å². The summed E-state index contributed by atoms with van der Waals surface area (Å²) >= 11 is 3.03. The molecule has 1 aliphatic carbocycles. The lowest BCUT2D eigenvalue weighted by molar-refractivity contribution is 0.412. The van der Waals surface area contributed by atoms with Crippen molar-refractivity contribution in [1.29, 1.82) is 0 Å². The number of aliphatic imine (C=N–C) groups is 1. The van der Waals surface area contributed by atoms with Crippen LogP contribution in [0, 0.1) is 0 Å². The second kappa shape index (κ2) is 9.88. The lowest BCUT2D eigenvalue weighted by atomic mass is 9.96. The van der Waals surface area contributed by atoms with E-state index < -0.39 is 10.0 Å². The molecule has 3 aromatic rings. The molecule has 8 nitrogen and oxygen atoms in total. The Bertz CT molecular complexity index is 1230. The Morgan fingerprint density at radius 1 is 0.939 bits per heavy atom. The van der Waals surface area contributed by atoms with Crippen molar-refractivity contribution >= 4 is 43.8 Å². The summed E-state index contributed by atoms with van der Waals surface area (Å²) < 4.78 is 28.3. The second-order valence-electron chi connectivity index (χ2n) is 8.19. The quantitative estimate of drug-likeness (QED) is 0.464. The van der Waals surface area contributed by atoms with Crippen molar-refractivity contribution in [2.75, 3.05) is 18.4 Å². The fraction of sp³-hybridized carbons (Fsp3) is 0.409. The molecule has 1 aliphatic heterocycles. The molecule has 3 heterocycles. The third kappa shape index (κ3) is 5.43. The van der Waals surface area contributed by atoms with Crippen molar-refractivity contribution < 1.29 is 8.42 Å². The van der Waals surface area contributed by atoms with Crippen LogP contribution in [0.15, 0.2) is 44.9 Å². The van der Waals surface area contributed by atoms with Crippen LogP contribution < -0.4 is 15.4 Å². The Hall–Kier alpha value is -2.34. The third-order valence-corrected chi connectivity index (χ3v) is 8.92. The molecule has 0 radical (unpaired) electrons. The summed E-state index contributed by atoms with van der Waals surface area (Å²) in [6.07, 6.45) is 6.23. The van der Waals surface area contributed by atoms with Crippen LogP contribution in [0.3, 0.4) is 0 Å². The largest absolute Gasteiger partial charge is 0.356 e. The standard InChI is InChI=1S/C22H26N6O2S3/c29-33(30,28-16-5-2-1-3-6-16)17-9-7-15(8-10-17)20-25-18(13-31-20)19-14-32-22(26-19)27-21-23-11-4-12-24-21/h7-10,13-14,16,28H,1-6,11-12H2,(H2,23,24,26,27). The van der Waals surface area contributed by atoms with Crippen LogP contribution in [-0.4, -0.2) is 43.5 Å². The topological polar surface area (TPSA) is 108 Å². The number of rotatable bonds is 6. The van der Waals surface area contributed by atoms with Gasteiger partial charge >= 0.3 is 0 Å². The maximum absolute atomic E-state index is 12.7. The number of benzene rings is 1. The van der Waals surface area contributed by atoms with Crippen LogP contribution in [0.4, 0.5) is 5.13 Å². The summed E-state index contributed by atoms with van der Waals surface area (Å²) in [6, 6.07) is 7.00. The molecule has 0 saturated heterocycles. The van der Waals surface area contributed by atoms with E-state index in [0.717, 1.165) is 78.2 Å². The van der Waals surface area contributed by atoms with Gasteiger partial charge in [-0.2, -0.15) is 0 Å². The SMILES string of the molecule is O=S(=O)(NC1CCCCC1)c1ccc(-c2nc(-c3csc(NC4=NCCCN4)n3)cs2)cc1. The fourth-order valence-electron chi connectivity index (χ4n) is 3.97. The van der Waals surface area contributed by atoms with Gasteiger partial charge < -0.3 is 10.6 Å². The molecule has 1 aromatic carbocycles. The number of nitrogens with one attached hydrogen (secondary N) is 3. The molecule has 3 N–H and O–H groups in total. The molecule has 1 fully saturated rings. The molecule has 0 spiro atoms. The predicted octanol–water partition coefficient (Wildman–Crippen LogP) is 4.31. The molecule has 0 bridgehead atoms. The van der Waals surface area contributed by atoms with E-state index in [1.807, 2.05) is 22.9 Å². The van der Waals surface area contributed by atoms with Gasteiger partial charge in [-0.25, -0.2) is 23.1 Å². The molecule has 2 aliphatic rings. The van der Waals surface area contributed by atoms with E-state index in [9.17, 15) is 8.42 Å². The Kier molecular flexibility index (Phi) is 6.72. The number of hydrogen-bond acceptors (Lipinski definition) is 9. The van der Waals surface area contributed by atoms with Gasteiger partial charge in [0.25, 0.3) is 0 Å². The first-order valence-electron chi connectivity index (χ1n) is 11.2. The van der Waals surface area contributed by atoms with Crippen LogP contribution in [0.5, 0.6) is 0 Å². The minimum Gasteiger partial charge on any atom is -0.356 e. The number of anilines is 1. The van der Waals surface area contributed by atoms with Crippen LogP contribution in [0.1, 0.15) is 38.5 Å². The summed E-state index contributed by atoms with van der Waals surface area (Å²) in [5.41, 5.74) is 2.49. The highest BCUT2D eigenvalue weighted by molar-refractivity contribution is 7.89. The zero-order valence-corrected chi connectivity index (χ0v) is 20.5. The molecule has 0 amide bonds. The monoisotopic (exact) mass is 502 g/mol. The fourth-order valence-corrected chi connectivity index (χ4v) is 6.80. The lowest BCUT2D eigenvalue weighted by Crippen LogP contribution is -2.36. The van der Waals surface area contributed by atoms with Gasteiger partial charge in [0.05, 0.1) is 4.90 Å². The Labute approximate surface area is 201 Å². The Balaban J connectivity index is 1.26. The minimum absolute atomic E-state index is 0.0448. The van der Waals surface area contributed by atoms with Crippen molar-refractivity contribution in [1.82, 2.24) is 20.0 Å². The summed E-state index contributed by atoms with van der Waals surface area (Å²) in [4.78, 5) is 14.0. The molecular weight excluding hydrogens is 476 g/mol. The molecule has 2 aromatic heterocycles. The number of aromatic nitrogens is 2. The molecule has 0 unspecified atom stereocenters. The number of thiazole rings is 2. The van der Waals surface area contributed by atoms with Crippen LogP contribution >= 0.6 is 22.7 Å². The van der Waals surface area contributed by atoms with Gasteiger partial charge in [0.15, 0.2) is 11.1 Å². The van der Waals surface area contributed by atoms with E-state index in [0.29, 0.717) is 4.90 Å². The van der Waals surface area contributed by atoms with Gasteiger partial charge in [-0.3, -0.25) is 4.99 Å². The highest BCUT2D eigenvalue weighted by Crippen LogP contribution is 2.31. The molecular formula is C22H26N6O2S3. The van der Waals surface area contributed by atoms with Gasteiger partial charge in [0, 0.05) is 35.5 Å². The summed E-state index contributed by atoms with van der Waals surface area (Å²) in [7, 11) is -3.50. The van der Waals surface area contributed by atoms with E-state index in [-0.39, 0.29) is 6.04 Å². The normalized spacial score (nSPS) is 17.4. The molecule has 5 rings (SSSR count). The predicted molar refractivity (Wildman–Crippen MR) is 134 cm³/mol. The Morgan fingerprint density at radius 3 is 2.45 bits per heavy atom. The average Bonchev–Trinajstić information content (AvgIpc) is 3.50. The Morgan fingerprint density at radius 2 is 1.70 bits per heavy atom. The second-order valence-corrected chi connectivity index (χ2v) is 11.6. The molecule has 174 valence electrons. The lowest BCUT2D eigenvalue weighted by Gasteiger charge is -2.22. The highest BCUT2D eigenvalue weighted by atomic mass is 32.2. The number of nitrogens with zero attached hydrogens (tertiary/aromatic N) is 3. The van der Waals surface area contributed by atoms with Gasteiger partial charge in [-0.05, 0) is 31.4 Å². The smallest absolute Gasteiger partial charge is 0.240 e. The minimum atomic E-state index is -3.50. The van der Waals surface area contributed by atoms with Crippen LogP contribution in [-0.2, 0) is 10.0 Å². The third-order valence-electron chi connectivity index (χ3n) is 5.73. The van der Waals surface area contributed by atoms with Crippen molar-refractivity contribution in [3.8, 4) is 22.0 Å². The average molecular weight is 503 g/mol. The van der Waals surface area contributed by atoms with Crippen molar-refractivity contribution in [3.63, 3.8) is 0 Å². The summed E-state index contributed by atoms with van der Waals surface area (Å²) in [5.74, 6) is 0.758. The van der Waals surface area contributed by atoms with Gasteiger partial charge in [-0.15, -0.1) is 22.7 Å². The number of guanidine groups is 1. The van der Waals surface area contributed by atoms with Crippen molar-refractivity contribution in [2.45, 2.75) is 49.5 Å². The van der Waals surface area contributed by atoms with E-state index in [1.165, 1.54) is 29.1 Å². The van der Waals surface area contributed by atoms with E-state index in [1.54, 1.807) is 12.1 Å². The molecule has 11 heteroatoms. The summed E-state index contributed by atoms with van der Waals surface area (Å²) in [6.45, 7) is 1.73.